The molecular formula is C48H49Cl3N6O7. The van der Waals surface area contributed by atoms with Crippen molar-refractivity contribution in [2.24, 2.45) is 0 Å². The molecule has 0 aliphatic rings. The molecule has 334 valence electrons. The number of nitrogens with one attached hydrogen (secondary N) is 2. The van der Waals surface area contributed by atoms with E-state index in [0.29, 0.717) is 44.9 Å². The van der Waals surface area contributed by atoms with Crippen molar-refractivity contribution in [3.8, 4) is 34.0 Å². The predicted octanol–water partition coefficient (Wildman–Crippen LogP) is 9.66. The molecule has 5 aromatic carbocycles. The maximum atomic E-state index is 12.1. The van der Waals surface area contributed by atoms with Crippen LogP contribution in [0.25, 0.3) is 22.5 Å². The van der Waals surface area contributed by atoms with Crippen LogP contribution in [-0.4, -0.2) is 88.0 Å². The fraction of sp³-hybridized carbons (Fsp3) is 0.188. The van der Waals surface area contributed by atoms with E-state index in [4.69, 9.17) is 32.7 Å². The van der Waals surface area contributed by atoms with Crippen molar-refractivity contribution in [2.75, 3.05) is 40.4 Å². The first-order valence-corrected chi connectivity index (χ1v) is 20.5. The molecule has 16 heteroatoms. The summed E-state index contributed by atoms with van der Waals surface area (Å²) in [5, 5.41) is 14.4. The second-order valence-electron chi connectivity index (χ2n) is 13.8. The Hall–Kier alpha value is -6.64. The lowest BCUT2D eigenvalue weighted by Crippen LogP contribution is -2.36. The van der Waals surface area contributed by atoms with Gasteiger partial charge in [-0.1, -0.05) is 114 Å². The number of phenols is 1. The number of H-pyrrole nitrogens is 1. The SMILES string of the molecule is CC(=O)OCCN(C)C(=O)Oc1ccc(Cl)cc1-c1cnc[nH]1.CNCCOC(C)=O.Cl.Oc1ccc(Cl)cc1-c1cn(C(c2ccccc2)(c2ccccc2)c2ccccc2)cn1. The number of hydrogen-bond donors (Lipinski definition) is 3. The number of halogens is 3. The fourth-order valence-corrected chi connectivity index (χ4v) is 6.78. The third-order valence-corrected chi connectivity index (χ3v) is 9.88. The summed E-state index contributed by atoms with van der Waals surface area (Å²) in [6, 6.07) is 41.1. The zero-order valence-corrected chi connectivity index (χ0v) is 37.9. The highest BCUT2D eigenvalue weighted by molar-refractivity contribution is 6.31. The fourth-order valence-electron chi connectivity index (χ4n) is 6.44. The number of carbonyl (C=O) groups is 3. The van der Waals surface area contributed by atoms with E-state index in [2.05, 4.69) is 102 Å². The number of ether oxygens (including phenoxy) is 3. The summed E-state index contributed by atoms with van der Waals surface area (Å²) >= 11 is 12.2. The van der Waals surface area contributed by atoms with Gasteiger partial charge < -0.3 is 39.1 Å². The lowest BCUT2D eigenvalue weighted by Gasteiger charge is -2.37. The van der Waals surface area contributed by atoms with E-state index in [0.717, 1.165) is 23.2 Å². The predicted molar refractivity (Wildman–Crippen MR) is 251 cm³/mol. The van der Waals surface area contributed by atoms with Crippen LogP contribution in [0.15, 0.2) is 152 Å². The van der Waals surface area contributed by atoms with Crippen LogP contribution in [0.1, 0.15) is 30.5 Å². The number of phenolic OH excluding ortho intramolecular Hbond substituents is 1. The van der Waals surface area contributed by atoms with Gasteiger partial charge in [0.2, 0.25) is 0 Å². The van der Waals surface area contributed by atoms with Crippen molar-refractivity contribution < 1.29 is 33.7 Å². The topological polar surface area (TPSA) is 161 Å². The summed E-state index contributed by atoms with van der Waals surface area (Å²) < 4.78 is 16.9. The maximum absolute atomic E-state index is 12.1. The molecule has 2 heterocycles. The number of aromatic hydroxyl groups is 1. The molecule has 13 nitrogen and oxygen atoms in total. The zero-order valence-electron chi connectivity index (χ0n) is 35.6. The molecule has 1 amide bonds. The summed E-state index contributed by atoms with van der Waals surface area (Å²) in [6.07, 6.45) is 6.35. The molecule has 0 aliphatic carbocycles. The number of carbonyl (C=O) groups excluding carboxylic acids is 3. The minimum atomic E-state index is -0.650. The normalized spacial score (nSPS) is 10.5. The van der Waals surface area contributed by atoms with Crippen LogP contribution in [0.2, 0.25) is 10.0 Å². The Morgan fingerprint density at radius 2 is 1.31 bits per heavy atom. The largest absolute Gasteiger partial charge is 0.507 e. The number of likely N-dealkylation sites (N-methyl/N-ethyl adjacent to an activating group) is 2. The Bertz CT molecular complexity index is 2430. The van der Waals surface area contributed by atoms with E-state index < -0.39 is 17.6 Å². The van der Waals surface area contributed by atoms with E-state index in [-0.39, 0.29) is 37.3 Å². The Kier molecular flexibility index (Phi) is 19.4. The molecule has 0 radical (unpaired) electrons. The highest BCUT2D eigenvalue weighted by atomic mass is 35.5. The van der Waals surface area contributed by atoms with Crippen LogP contribution in [-0.2, 0) is 24.6 Å². The second kappa shape index (κ2) is 24.9. The molecule has 7 rings (SSSR count). The molecule has 0 spiro atoms. The first-order valence-electron chi connectivity index (χ1n) is 19.8. The maximum Gasteiger partial charge on any atom is 0.415 e. The van der Waals surface area contributed by atoms with Crippen molar-refractivity contribution >= 4 is 53.6 Å². The number of amides is 1. The van der Waals surface area contributed by atoms with Gasteiger partial charge in [-0.25, -0.2) is 14.8 Å². The molecule has 0 saturated heterocycles. The van der Waals surface area contributed by atoms with Crippen LogP contribution < -0.4 is 10.1 Å². The van der Waals surface area contributed by atoms with E-state index in [9.17, 15) is 19.5 Å². The molecular weight excluding hydrogens is 879 g/mol. The molecule has 0 atom stereocenters. The van der Waals surface area contributed by atoms with Crippen LogP contribution in [0.3, 0.4) is 0 Å². The summed E-state index contributed by atoms with van der Waals surface area (Å²) in [5.41, 5.74) is 5.22. The third-order valence-electron chi connectivity index (χ3n) is 9.41. The molecule has 3 N–H and O–H groups in total. The average Bonchev–Trinajstić information content (AvgIpc) is 4.01. The van der Waals surface area contributed by atoms with Gasteiger partial charge >= 0.3 is 18.0 Å². The van der Waals surface area contributed by atoms with E-state index in [1.165, 1.54) is 25.1 Å². The van der Waals surface area contributed by atoms with Crippen LogP contribution in [0, 0.1) is 0 Å². The van der Waals surface area contributed by atoms with Crippen LogP contribution in [0.4, 0.5) is 4.79 Å². The summed E-state index contributed by atoms with van der Waals surface area (Å²) in [6.45, 7) is 4.23. The van der Waals surface area contributed by atoms with Gasteiger partial charge in [-0.2, -0.15) is 0 Å². The number of rotatable bonds is 13. The number of nitrogens with zero attached hydrogens (tertiary/aromatic N) is 4. The Morgan fingerprint density at radius 3 is 1.83 bits per heavy atom. The van der Waals surface area contributed by atoms with E-state index in [1.807, 2.05) is 37.8 Å². The Balaban J connectivity index is 0.000000246. The lowest BCUT2D eigenvalue weighted by molar-refractivity contribution is -0.141. The molecule has 0 fully saturated rings. The number of imidazole rings is 2. The molecule has 0 bridgehead atoms. The van der Waals surface area contributed by atoms with Crippen LogP contribution >= 0.6 is 35.6 Å². The number of benzene rings is 5. The van der Waals surface area contributed by atoms with E-state index >= 15 is 0 Å². The quantitative estimate of drug-likeness (QED) is 0.0577. The van der Waals surface area contributed by atoms with Crippen molar-refractivity contribution in [3.05, 3.63) is 179 Å². The molecule has 0 saturated carbocycles. The zero-order chi connectivity index (χ0) is 45.2. The van der Waals surface area contributed by atoms with Gasteiger partial charge in [-0.3, -0.25) is 9.59 Å². The first kappa shape index (κ1) is 50.0. The Morgan fingerprint density at radius 1 is 0.781 bits per heavy atom. The molecule has 2 aromatic heterocycles. The van der Waals surface area contributed by atoms with Gasteiger partial charge in [0.1, 0.15) is 30.3 Å². The van der Waals surface area contributed by atoms with Crippen LogP contribution in [0.5, 0.6) is 11.5 Å². The second-order valence-corrected chi connectivity index (χ2v) is 14.7. The summed E-state index contributed by atoms with van der Waals surface area (Å²) in [4.78, 5) is 45.8. The van der Waals surface area contributed by atoms with Gasteiger partial charge in [0.25, 0.3) is 0 Å². The van der Waals surface area contributed by atoms with Crippen molar-refractivity contribution in [3.63, 3.8) is 0 Å². The third kappa shape index (κ3) is 13.4. The van der Waals surface area contributed by atoms with E-state index in [1.54, 1.807) is 49.6 Å². The number of esters is 2. The van der Waals surface area contributed by atoms with Gasteiger partial charge in [0, 0.05) is 54.8 Å². The molecule has 7 aromatic rings. The minimum Gasteiger partial charge on any atom is -0.507 e. The van der Waals surface area contributed by atoms with Gasteiger partial charge in [0.05, 0.1) is 36.8 Å². The number of aromatic nitrogens is 4. The highest BCUT2D eigenvalue weighted by Gasteiger charge is 2.38. The number of hydrogen-bond acceptors (Lipinski definition) is 10. The number of aromatic amines is 1. The monoisotopic (exact) mass is 926 g/mol. The molecule has 0 unspecified atom stereocenters. The highest BCUT2D eigenvalue weighted by Crippen LogP contribution is 2.42. The van der Waals surface area contributed by atoms with Crippen molar-refractivity contribution in [2.45, 2.75) is 19.4 Å². The Labute approximate surface area is 388 Å². The summed E-state index contributed by atoms with van der Waals surface area (Å²) in [7, 11) is 3.36. The summed E-state index contributed by atoms with van der Waals surface area (Å²) in [5.74, 6) is -0.126. The molecule has 0 aliphatic heterocycles. The lowest BCUT2D eigenvalue weighted by atomic mass is 9.77. The van der Waals surface area contributed by atoms with Crippen molar-refractivity contribution in [1.29, 1.82) is 0 Å². The average molecular weight is 928 g/mol. The van der Waals surface area contributed by atoms with Gasteiger partial charge in [-0.15, -0.1) is 12.4 Å². The standard InChI is InChI=1S/C28H21ClN2O.C15H16ClN3O4.C5H11NO2.ClH/c29-24-16-17-27(32)25(18-24)26-19-31(20-30-26)28(21-10-4-1-5-11-21,22-12-6-2-7-13-22)23-14-8-3-9-15-23;1-10(20)22-6-5-19(2)15(21)23-14-4-3-11(16)7-12(14)13-8-17-9-18-13;1-5(7)8-4-3-6-2;/h1-20,32H;3-4,7-9H,5-6H2,1-2H3,(H,17,18);6H,3-4H2,1-2H3;1H. The first-order chi connectivity index (χ1) is 30.4. The van der Waals surface area contributed by atoms with Crippen molar-refractivity contribution in [1.82, 2.24) is 29.7 Å². The smallest absolute Gasteiger partial charge is 0.415 e. The molecule has 64 heavy (non-hydrogen) atoms. The van der Waals surface area contributed by atoms with Gasteiger partial charge in [0.15, 0.2) is 0 Å². The minimum absolute atomic E-state index is 0. The van der Waals surface area contributed by atoms with Gasteiger partial charge in [-0.05, 0) is 60.1 Å².